The molecule has 5 rings (SSSR count). The second-order valence-corrected chi connectivity index (χ2v) is 11.8. The van der Waals surface area contributed by atoms with Crippen LogP contribution in [0.4, 0.5) is 10.6 Å². The third kappa shape index (κ3) is 6.87. The summed E-state index contributed by atoms with van der Waals surface area (Å²) in [6.45, 7) is 5.48. The Bertz CT molecular complexity index is 1470. The fourth-order valence-corrected chi connectivity index (χ4v) is 5.58. The third-order valence-electron chi connectivity index (χ3n) is 8.22. The van der Waals surface area contributed by atoms with Crippen LogP contribution in [0.1, 0.15) is 56.3 Å². The highest BCUT2D eigenvalue weighted by Crippen LogP contribution is 2.33. The van der Waals surface area contributed by atoms with Gasteiger partial charge in [-0.1, -0.05) is 0 Å². The predicted octanol–water partition coefficient (Wildman–Crippen LogP) is 3.12. The number of Topliss-reactive ketones (excluding diaryl/α,β-unsaturated/α-hetero) is 1. The van der Waals surface area contributed by atoms with Gasteiger partial charge in [-0.25, -0.2) is 19.3 Å². The van der Waals surface area contributed by atoms with Gasteiger partial charge >= 0.3 is 6.09 Å². The highest BCUT2D eigenvalue weighted by Gasteiger charge is 2.34. The number of aromatic nitrogens is 4. The summed E-state index contributed by atoms with van der Waals surface area (Å²) < 4.78 is 17.6. The van der Waals surface area contributed by atoms with E-state index < -0.39 is 11.5 Å². The van der Waals surface area contributed by atoms with E-state index >= 15 is 0 Å². The van der Waals surface area contributed by atoms with E-state index in [0.717, 1.165) is 31.2 Å². The van der Waals surface area contributed by atoms with Gasteiger partial charge in [0.1, 0.15) is 18.5 Å². The molecule has 1 aliphatic carbocycles. The molecule has 0 unspecified atom stereocenters. The predicted molar refractivity (Wildman–Crippen MR) is 158 cm³/mol. The average molecular weight is 594 g/mol. The minimum Gasteiger partial charge on any atom is -0.481 e. The third-order valence-corrected chi connectivity index (χ3v) is 8.22. The molecule has 1 saturated heterocycles. The number of anilines is 1. The fraction of sp³-hybridized carbons (Fsp3) is 0.533. The highest BCUT2D eigenvalue weighted by atomic mass is 16.6. The second-order valence-electron chi connectivity index (χ2n) is 11.8. The molecule has 13 heteroatoms. The molecule has 0 aromatic carbocycles. The van der Waals surface area contributed by atoms with Crippen molar-refractivity contribution < 1.29 is 28.6 Å². The summed E-state index contributed by atoms with van der Waals surface area (Å²) in [6, 6.07) is 5.40. The molecule has 2 fully saturated rings. The molecule has 230 valence electrons. The topological polar surface area (TPSA) is 163 Å². The molecule has 1 aliphatic heterocycles. The van der Waals surface area contributed by atoms with Gasteiger partial charge in [0, 0.05) is 48.9 Å². The number of carbonyl (C=O) groups excluding carboxylic acids is 3. The Morgan fingerprint density at radius 1 is 1.12 bits per heavy atom. The lowest BCUT2D eigenvalue weighted by Gasteiger charge is -2.32. The normalized spacial score (nSPS) is 19.2. The highest BCUT2D eigenvalue weighted by molar-refractivity contribution is 6.06. The zero-order chi connectivity index (χ0) is 30.6. The van der Waals surface area contributed by atoms with E-state index in [9.17, 15) is 14.4 Å². The SMILES string of the molecule is COc1cc(-c2cc(C(=O)CC3CCC(NC(=O)C(C)(C)COC(=O)N4CCOCC4)CC3)c3c(N)ncnn23)ccn1. The van der Waals surface area contributed by atoms with Crippen molar-refractivity contribution in [2.24, 2.45) is 11.3 Å². The molecule has 0 atom stereocenters. The smallest absolute Gasteiger partial charge is 0.409 e. The van der Waals surface area contributed by atoms with Gasteiger partial charge in [-0.2, -0.15) is 5.10 Å². The molecular formula is C30H39N7O6. The summed E-state index contributed by atoms with van der Waals surface area (Å²) in [5, 5.41) is 7.49. The van der Waals surface area contributed by atoms with Gasteiger partial charge in [-0.15, -0.1) is 0 Å². The maximum atomic E-state index is 13.6. The number of nitrogen functional groups attached to an aromatic ring is 1. The fourth-order valence-electron chi connectivity index (χ4n) is 5.58. The van der Waals surface area contributed by atoms with Crippen LogP contribution in [0.3, 0.4) is 0 Å². The first kappa shape index (κ1) is 30.2. The number of fused-ring (bicyclic) bond motifs is 1. The quantitative estimate of drug-likeness (QED) is 0.352. The number of hydrogen-bond acceptors (Lipinski definition) is 10. The Balaban J connectivity index is 1.17. The number of morpholine rings is 1. The number of ether oxygens (including phenoxy) is 3. The van der Waals surface area contributed by atoms with Gasteiger partial charge in [0.15, 0.2) is 11.6 Å². The minimum atomic E-state index is -0.871. The Labute approximate surface area is 250 Å². The van der Waals surface area contributed by atoms with Gasteiger partial charge in [0.2, 0.25) is 11.8 Å². The van der Waals surface area contributed by atoms with Crippen molar-refractivity contribution in [1.29, 1.82) is 0 Å². The number of methoxy groups -OCH3 is 1. The van der Waals surface area contributed by atoms with Gasteiger partial charge in [0.25, 0.3) is 0 Å². The van der Waals surface area contributed by atoms with Crippen LogP contribution in [-0.2, 0) is 14.3 Å². The average Bonchev–Trinajstić information content (AvgIpc) is 3.42. The Hall–Kier alpha value is -4.26. The van der Waals surface area contributed by atoms with Gasteiger partial charge < -0.3 is 30.2 Å². The first-order valence-corrected chi connectivity index (χ1v) is 14.6. The molecule has 13 nitrogen and oxygen atoms in total. The zero-order valence-electron chi connectivity index (χ0n) is 24.9. The van der Waals surface area contributed by atoms with E-state index in [2.05, 4.69) is 20.4 Å². The van der Waals surface area contributed by atoms with Crippen molar-refractivity contribution in [1.82, 2.24) is 29.8 Å². The molecular weight excluding hydrogens is 554 g/mol. The Morgan fingerprint density at radius 2 is 1.86 bits per heavy atom. The van der Waals surface area contributed by atoms with Crippen LogP contribution in [-0.4, -0.2) is 88.3 Å². The zero-order valence-corrected chi connectivity index (χ0v) is 24.9. The van der Waals surface area contributed by atoms with E-state index in [4.69, 9.17) is 19.9 Å². The second kappa shape index (κ2) is 12.9. The number of hydrogen-bond donors (Lipinski definition) is 2. The number of amides is 2. The molecule has 0 spiro atoms. The maximum Gasteiger partial charge on any atom is 0.409 e. The van der Waals surface area contributed by atoms with Crippen LogP contribution in [0.5, 0.6) is 5.88 Å². The minimum absolute atomic E-state index is 0.000648. The van der Waals surface area contributed by atoms with E-state index in [1.165, 1.54) is 6.33 Å². The molecule has 2 amide bonds. The van der Waals surface area contributed by atoms with Crippen LogP contribution in [0.25, 0.3) is 16.8 Å². The number of pyridine rings is 1. The summed E-state index contributed by atoms with van der Waals surface area (Å²) >= 11 is 0. The lowest BCUT2D eigenvalue weighted by atomic mass is 9.82. The van der Waals surface area contributed by atoms with E-state index in [1.54, 1.807) is 48.7 Å². The number of nitrogens with zero attached hydrogens (tertiary/aromatic N) is 5. The number of rotatable bonds is 9. The van der Waals surface area contributed by atoms with Crippen molar-refractivity contribution >= 4 is 29.1 Å². The lowest BCUT2D eigenvalue weighted by molar-refractivity contribution is -0.132. The van der Waals surface area contributed by atoms with Gasteiger partial charge in [0.05, 0.1) is 31.4 Å². The molecule has 1 saturated carbocycles. The summed E-state index contributed by atoms with van der Waals surface area (Å²) in [5.74, 6) is 0.673. The number of nitrogens with one attached hydrogen (secondary N) is 1. The maximum absolute atomic E-state index is 13.6. The molecule has 3 aromatic rings. The summed E-state index contributed by atoms with van der Waals surface area (Å²) in [7, 11) is 1.54. The molecule has 0 bridgehead atoms. The van der Waals surface area contributed by atoms with E-state index in [1.807, 2.05) is 6.07 Å². The molecule has 3 N–H and O–H groups in total. The van der Waals surface area contributed by atoms with E-state index in [0.29, 0.717) is 55.4 Å². The molecule has 2 aliphatic rings. The van der Waals surface area contributed by atoms with Crippen LogP contribution in [0, 0.1) is 11.3 Å². The number of carbonyl (C=O) groups is 3. The molecule has 4 heterocycles. The van der Waals surface area contributed by atoms with Crippen molar-refractivity contribution in [2.45, 2.75) is 52.0 Å². The summed E-state index contributed by atoms with van der Waals surface area (Å²) in [4.78, 5) is 48.9. The Morgan fingerprint density at radius 3 is 2.58 bits per heavy atom. The number of nitrogens with two attached hydrogens (primary N) is 1. The molecule has 43 heavy (non-hydrogen) atoms. The van der Waals surface area contributed by atoms with Gasteiger partial charge in [-0.3, -0.25) is 9.59 Å². The van der Waals surface area contributed by atoms with Crippen molar-refractivity contribution in [3.05, 3.63) is 36.3 Å². The van der Waals surface area contributed by atoms with Gasteiger partial charge in [-0.05, 0) is 57.6 Å². The van der Waals surface area contributed by atoms with Crippen LogP contribution >= 0.6 is 0 Å². The lowest BCUT2D eigenvalue weighted by Crippen LogP contribution is -2.47. The molecule has 0 radical (unpaired) electrons. The van der Waals surface area contributed by atoms with Crippen LogP contribution in [0.2, 0.25) is 0 Å². The van der Waals surface area contributed by atoms with Crippen molar-refractivity contribution in [2.75, 3.05) is 45.8 Å². The van der Waals surface area contributed by atoms with Crippen LogP contribution < -0.4 is 15.8 Å². The van der Waals surface area contributed by atoms with Crippen molar-refractivity contribution in [3.63, 3.8) is 0 Å². The largest absolute Gasteiger partial charge is 0.481 e. The monoisotopic (exact) mass is 593 g/mol. The van der Waals surface area contributed by atoms with E-state index in [-0.39, 0.29) is 36.1 Å². The van der Waals surface area contributed by atoms with Crippen LogP contribution in [0.15, 0.2) is 30.7 Å². The Kier molecular flexibility index (Phi) is 9.09. The first-order chi connectivity index (χ1) is 20.7. The first-order valence-electron chi connectivity index (χ1n) is 14.6. The summed E-state index contributed by atoms with van der Waals surface area (Å²) in [5.41, 5.74) is 7.78. The number of ketones is 1. The van der Waals surface area contributed by atoms with Crippen molar-refractivity contribution in [3.8, 4) is 17.1 Å². The summed E-state index contributed by atoms with van der Waals surface area (Å²) in [6.07, 6.45) is 6.06. The standard InChI is InChI=1S/C30H39N7O6/c1-30(2,17-43-29(40)36-10-12-42-13-11-36)28(39)35-21-6-4-19(5-7-21)14-24(38)22-16-23(20-8-9-32-25(15-20)41-3)37-26(22)27(31)33-18-34-37/h8-9,15-16,18-19,21H,4-7,10-14,17H2,1-3H3,(H,35,39)(H2,31,33,34). The molecule has 3 aromatic heterocycles.